The summed E-state index contributed by atoms with van der Waals surface area (Å²) in [5, 5.41) is 17.8. The summed E-state index contributed by atoms with van der Waals surface area (Å²) < 4.78 is 1.74. The minimum absolute atomic E-state index is 0.105. The van der Waals surface area contributed by atoms with Gasteiger partial charge < -0.3 is 10.4 Å². The SMILES string of the molecule is CCC(CC)(CCO)CNc1ncnc2c1cnn2C. The lowest BCUT2D eigenvalue weighted by Gasteiger charge is -2.31. The van der Waals surface area contributed by atoms with E-state index < -0.39 is 0 Å². The minimum Gasteiger partial charge on any atom is -0.396 e. The molecule has 2 N–H and O–H groups in total. The van der Waals surface area contributed by atoms with Gasteiger partial charge in [0.1, 0.15) is 12.1 Å². The Morgan fingerprint density at radius 1 is 1.30 bits per heavy atom. The number of hydrogen-bond donors (Lipinski definition) is 2. The number of anilines is 1. The van der Waals surface area contributed by atoms with Crippen LogP contribution < -0.4 is 5.32 Å². The molecule has 0 fully saturated rings. The summed E-state index contributed by atoms with van der Waals surface area (Å²) in [6.07, 6.45) is 6.19. The summed E-state index contributed by atoms with van der Waals surface area (Å²) >= 11 is 0. The monoisotopic (exact) mass is 277 g/mol. The number of aliphatic hydroxyl groups is 1. The number of nitrogens with one attached hydrogen (secondary N) is 1. The highest BCUT2D eigenvalue weighted by Gasteiger charge is 2.25. The number of hydrogen-bond acceptors (Lipinski definition) is 5. The van der Waals surface area contributed by atoms with Gasteiger partial charge in [0.25, 0.3) is 0 Å². The fourth-order valence-corrected chi connectivity index (χ4v) is 2.55. The molecule has 6 nitrogen and oxygen atoms in total. The minimum atomic E-state index is 0.105. The Hall–Kier alpha value is -1.69. The third-order valence-electron chi connectivity index (χ3n) is 4.30. The molecular formula is C14H23N5O. The van der Waals surface area contributed by atoms with E-state index in [1.807, 2.05) is 7.05 Å². The zero-order valence-electron chi connectivity index (χ0n) is 12.4. The lowest BCUT2D eigenvalue weighted by Crippen LogP contribution is -2.30. The Kier molecular flexibility index (Phi) is 4.54. The van der Waals surface area contributed by atoms with Crippen LogP contribution in [0.3, 0.4) is 0 Å². The summed E-state index contributed by atoms with van der Waals surface area (Å²) in [4.78, 5) is 8.55. The van der Waals surface area contributed by atoms with Crippen LogP contribution in [-0.2, 0) is 7.05 Å². The quantitative estimate of drug-likeness (QED) is 0.809. The van der Waals surface area contributed by atoms with Gasteiger partial charge in [0.05, 0.1) is 11.6 Å². The lowest BCUT2D eigenvalue weighted by molar-refractivity contribution is 0.179. The topological polar surface area (TPSA) is 75.9 Å². The molecule has 110 valence electrons. The van der Waals surface area contributed by atoms with Gasteiger partial charge >= 0.3 is 0 Å². The van der Waals surface area contributed by atoms with Gasteiger partial charge in [-0.25, -0.2) is 9.97 Å². The van der Waals surface area contributed by atoms with Crippen LogP contribution in [0.1, 0.15) is 33.1 Å². The molecule has 0 aliphatic heterocycles. The van der Waals surface area contributed by atoms with Crippen LogP contribution >= 0.6 is 0 Å². The fraction of sp³-hybridized carbons (Fsp3) is 0.643. The van der Waals surface area contributed by atoms with Crippen molar-refractivity contribution >= 4 is 16.9 Å². The molecule has 2 aromatic heterocycles. The van der Waals surface area contributed by atoms with Crippen LogP contribution in [0.25, 0.3) is 11.0 Å². The van der Waals surface area contributed by atoms with Gasteiger partial charge in [-0.05, 0) is 24.7 Å². The average molecular weight is 277 g/mol. The molecule has 2 aromatic rings. The average Bonchev–Trinajstić information content (AvgIpc) is 2.86. The Morgan fingerprint density at radius 3 is 2.70 bits per heavy atom. The van der Waals surface area contributed by atoms with Crippen molar-refractivity contribution in [2.45, 2.75) is 33.1 Å². The first-order valence-corrected chi connectivity index (χ1v) is 7.13. The van der Waals surface area contributed by atoms with Gasteiger partial charge in [0, 0.05) is 20.2 Å². The van der Waals surface area contributed by atoms with Gasteiger partial charge in [-0.3, -0.25) is 4.68 Å². The largest absolute Gasteiger partial charge is 0.396 e. The van der Waals surface area contributed by atoms with E-state index in [2.05, 4.69) is 34.2 Å². The molecule has 20 heavy (non-hydrogen) atoms. The molecule has 0 unspecified atom stereocenters. The molecule has 0 amide bonds. The molecule has 0 spiro atoms. The molecule has 0 radical (unpaired) electrons. The highest BCUT2D eigenvalue weighted by atomic mass is 16.3. The summed E-state index contributed by atoms with van der Waals surface area (Å²) in [6.45, 7) is 5.35. The summed E-state index contributed by atoms with van der Waals surface area (Å²) in [7, 11) is 1.87. The van der Waals surface area contributed by atoms with Crippen molar-refractivity contribution < 1.29 is 5.11 Å². The van der Waals surface area contributed by atoms with Gasteiger partial charge in [-0.1, -0.05) is 13.8 Å². The molecule has 0 aromatic carbocycles. The second kappa shape index (κ2) is 6.17. The van der Waals surface area contributed by atoms with Crippen LogP contribution in [0.5, 0.6) is 0 Å². The summed E-state index contributed by atoms with van der Waals surface area (Å²) in [5.41, 5.74) is 0.928. The molecule has 0 saturated heterocycles. The summed E-state index contributed by atoms with van der Waals surface area (Å²) in [5.74, 6) is 0.812. The van der Waals surface area contributed by atoms with Gasteiger partial charge in [0.2, 0.25) is 0 Å². The van der Waals surface area contributed by atoms with Crippen molar-refractivity contribution in [3.8, 4) is 0 Å². The van der Waals surface area contributed by atoms with Crippen LogP contribution in [0.15, 0.2) is 12.5 Å². The van der Waals surface area contributed by atoms with E-state index in [1.165, 1.54) is 0 Å². The Morgan fingerprint density at radius 2 is 2.05 bits per heavy atom. The standard InChI is InChI=1S/C14H23N5O/c1-4-14(5-2,6-7-20)9-15-12-11-8-18-19(3)13(11)17-10-16-12/h8,10,20H,4-7,9H2,1-3H3,(H,15,16,17). The molecule has 2 heterocycles. The number of aryl methyl sites for hydroxylation is 1. The first-order valence-electron chi connectivity index (χ1n) is 7.13. The van der Waals surface area contributed by atoms with E-state index in [1.54, 1.807) is 17.2 Å². The van der Waals surface area contributed by atoms with Crippen molar-refractivity contribution in [1.29, 1.82) is 0 Å². The number of aromatic nitrogens is 4. The molecule has 6 heteroatoms. The predicted octanol–water partition coefficient (Wildman–Crippen LogP) is 1.96. The number of aliphatic hydroxyl groups excluding tert-OH is 1. The Labute approximate surface area is 119 Å². The van der Waals surface area contributed by atoms with Crippen molar-refractivity contribution in [2.24, 2.45) is 12.5 Å². The second-order valence-electron chi connectivity index (χ2n) is 5.26. The number of fused-ring (bicyclic) bond motifs is 1. The molecular weight excluding hydrogens is 254 g/mol. The van der Waals surface area contributed by atoms with Gasteiger partial charge in [0.15, 0.2) is 5.65 Å². The Balaban J connectivity index is 2.19. The zero-order chi connectivity index (χ0) is 14.6. The van der Waals surface area contributed by atoms with Crippen molar-refractivity contribution in [2.75, 3.05) is 18.5 Å². The normalized spacial score (nSPS) is 12.0. The van der Waals surface area contributed by atoms with Crippen LogP contribution in [-0.4, -0.2) is 38.0 Å². The highest BCUT2D eigenvalue weighted by Crippen LogP contribution is 2.31. The van der Waals surface area contributed by atoms with Crippen molar-refractivity contribution in [3.05, 3.63) is 12.5 Å². The zero-order valence-corrected chi connectivity index (χ0v) is 12.4. The highest BCUT2D eigenvalue weighted by molar-refractivity contribution is 5.85. The Bertz CT molecular complexity index is 562. The van der Waals surface area contributed by atoms with E-state index >= 15 is 0 Å². The third kappa shape index (κ3) is 2.75. The maximum Gasteiger partial charge on any atom is 0.163 e. The second-order valence-corrected chi connectivity index (χ2v) is 5.26. The van der Waals surface area contributed by atoms with Crippen molar-refractivity contribution in [1.82, 2.24) is 19.7 Å². The molecule has 2 rings (SSSR count). The molecule has 0 aliphatic rings. The summed E-state index contributed by atoms with van der Waals surface area (Å²) in [6, 6.07) is 0. The third-order valence-corrected chi connectivity index (χ3v) is 4.30. The fourth-order valence-electron chi connectivity index (χ4n) is 2.55. The van der Waals surface area contributed by atoms with Crippen LogP contribution in [0, 0.1) is 5.41 Å². The molecule has 0 aliphatic carbocycles. The first kappa shape index (κ1) is 14.7. The van der Waals surface area contributed by atoms with E-state index in [0.717, 1.165) is 42.7 Å². The molecule has 0 saturated carbocycles. The number of nitrogens with zero attached hydrogens (tertiary/aromatic N) is 4. The molecule has 0 bridgehead atoms. The van der Waals surface area contributed by atoms with E-state index in [4.69, 9.17) is 0 Å². The van der Waals surface area contributed by atoms with Crippen LogP contribution in [0.2, 0.25) is 0 Å². The lowest BCUT2D eigenvalue weighted by atomic mass is 9.79. The van der Waals surface area contributed by atoms with Gasteiger partial charge in [-0.15, -0.1) is 0 Å². The molecule has 0 atom stereocenters. The van der Waals surface area contributed by atoms with Gasteiger partial charge in [-0.2, -0.15) is 5.10 Å². The maximum absolute atomic E-state index is 9.27. The first-order chi connectivity index (χ1) is 9.65. The predicted molar refractivity (Wildman–Crippen MR) is 79.5 cm³/mol. The van der Waals surface area contributed by atoms with E-state index in [9.17, 15) is 5.11 Å². The maximum atomic E-state index is 9.27. The number of rotatable bonds is 7. The van der Waals surface area contributed by atoms with E-state index in [-0.39, 0.29) is 12.0 Å². The van der Waals surface area contributed by atoms with E-state index in [0.29, 0.717) is 0 Å². The van der Waals surface area contributed by atoms with Crippen molar-refractivity contribution in [3.63, 3.8) is 0 Å². The van der Waals surface area contributed by atoms with Crippen LogP contribution in [0.4, 0.5) is 5.82 Å². The smallest absolute Gasteiger partial charge is 0.163 e.